The fourth-order valence-corrected chi connectivity index (χ4v) is 8.46. The number of rotatable bonds is 6. The van der Waals surface area contributed by atoms with Gasteiger partial charge in [0.05, 0.1) is 0 Å². The number of fused-ring (bicyclic) bond motifs is 1. The molecule has 3 aliphatic rings. The number of halogens is 6. The van der Waals surface area contributed by atoms with Gasteiger partial charge >= 0.3 is 40.9 Å². The fraction of sp³-hybridized carbons (Fsp3) is 0.667. The Bertz CT molecular complexity index is 924. The van der Waals surface area contributed by atoms with E-state index in [2.05, 4.69) is 24.3 Å². The van der Waals surface area contributed by atoms with Gasteiger partial charge in [-0.15, -0.1) is 19.1 Å². The number of benzene rings is 1. The Morgan fingerprint density at radius 1 is 0.706 bits per heavy atom. The average molecular weight is 536 g/mol. The van der Waals surface area contributed by atoms with Crippen LogP contribution in [0.4, 0.5) is 25.2 Å². The summed E-state index contributed by atoms with van der Waals surface area (Å²) < 4.78 is 73.4. The molecular formula is C18H28F6N6O2P2. The molecule has 0 amide bonds. The first-order chi connectivity index (χ1) is 15.8. The van der Waals surface area contributed by atoms with Gasteiger partial charge in [0.2, 0.25) is 0 Å². The van der Waals surface area contributed by atoms with E-state index in [4.69, 9.17) is 9.66 Å². The molecule has 0 radical (unpaired) electrons. The van der Waals surface area contributed by atoms with E-state index in [0.717, 1.165) is 50.3 Å². The van der Waals surface area contributed by atoms with E-state index >= 15 is 0 Å². The van der Waals surface area contributed by atoms with E-state index in [1.54, 1.807) is 0 Å². The first-order valence-corrected chi connectivity index (χ1v) is 14.8. The van der Waals surface area contributed by atoms with Crippen molar-refractivity contribution in [2.24, 2.45) is 0 Å². The first kappa shape index (κ1) is 25.8. The van der Waals surface area contributed by atoms with Gasteiger partial charge in [0.25, 0.3) is 0 Å². The van der Waals surface area contributed by atoms with Crippen LogP contribution in [0.5, 0.6) is 0 Å². The molecule has 4 heterocycles. The monoisotopic (exact) mass is 536 g/mol. The molecule has 1 aromatic carbocycles. The second-order valence-corrected chi connectivity index (χ2v) is 13.3. The molecule has 0 bridgehead atoms. The summed E-state index contributed by atoms with van der Waals surface area (Å²) in [6.45, 7) is 6.51. The Morgan fingerprint density at radius 2 is 1.12 bits per heavy atom. The Hall–Kier alpha value is -1.30. The average Bonchev–Trinajstić information content (AvgIpc) is 3.55. The van der Waals surface area contributed by atoms with Crippen LogP contribution in [0.25, 0.3) is 11.0 Å². The third-order valence-corrected chi connectivity index (χ3v) is 9.56. The molecule has 2 aromatic rings. The Morgan fingerprint density at radius 3 is 1.56 bits per heavy atom. The van der Waals surface area contributed by atoms with Gasteiger partial charge in [-0.25, -0.2) is 0 Å². The standard InChI is InChI=1S/C18H28N6O2P.F6P/c1-2-10-18-17(9-1)19-20-24(18)25-26-27(21-11-3-4-12-21,22-13-5-6-14-22)23-15-7-8-16-23;1-7(2,3,4,5)6/h1-2,9-10H,3-8,11-16H2;/q+1;-1. The Balaban J connectivity index is 0.000000344. The maximum absolute atomic E-state index is 10.7. The topological polar surface area (TPSA) is 58.9 Å². The van der Waals surface area contributed by atoms with E-state index in [1.165, 1.54) is 43.4 Å². The molecule has 3 fully saturated rings. The predicted octanol–water partition coefficient (Wildman–Crippen LogP) is 6.14. The van der Waals surface area contributed by atoms with E-state index in [-0.39, 0.29) is 0 Å². The van der Waals surface area contributed by atoms with Gasteiger partial charge in [-0.1, -0.05) is 12.1 Å². The normalized spacial score (nSPS) is 23.0. The molecule has 3 saturated heterocycles. The zero-order valence-electron chi connectivity index (χ0n) is 18.5. The SMILES string of the molecule is F[P-](F)(F)(F)(F)F.c1ccc2c(c1)nnn2OO[P+](N1CCCC1)(N1CCCC1)N1CCCC1. The minimum absolute atomic E-state index is 0.813. The number of aromatic nitrogens is 3. The molecule has 0 spiro atoms. The molecule has 0 N–H and O–H groups in total. The van der Waals surface area contributed by atoms with Crippen molar-refractivity contribution in [2.75, 3.05) is 39.3 Å². The number of hydrogen-bond donors (Lipinski definition) is 0. The predicted molar refractivity (Wildman–Crippen MR) is 118 cm³/mol. The summed E-state index contributed by atoms with van der Waals surface area (Å²) in [7, 11) is -12.8. The smallest absolute Gasteiger partial charge is 0.177 e. The van der Waals surface area contributed by atoms with Crippen LogP contribution >= 0.6 is 15.8 Å². The van der Waals surface area contributed by atoms with Crippen LogP contribution in [-0.2, 0) is 4.67 Å². The molecule has 1 aromatic heterocycles. The van der Waals surface area contributed by atoms with Crippen molar-refractivity contribution < 1.29 is 34.8 Å². The molecule has 34 heavy (non-hydrogen) atoms. The van der Waals surface area contributed by atoms with Crippen molar-refractivity contribution in [3.63, 3.8) is 0 Å². The molecule has 5 rings (SSSR count). The van der Waals surface area contributed by atoms with Gasteiger partial charge in [-0.2, -0.15) is 4.99 Å². The fourth-order valence-electron chi connectivity index (χ4n) is 4.54. The second-order valence-electron chi connectivity index (χ2n) is 8.55. The molecule has 0 atom stereocenters. The summed E-state index contributed by atoms with van der Waals surface area (Å²) in [6.07, 6.45) is 7.41. The van der Waals surface area contributed by atoms with Crippen molar-refractivity contribution in [2.45, 2.75) is 38.5 Å². The van der Waals surface area contributed by atoms with Crippen LogP contribution in [0.1, 0.15) is 38.5 Å². The third kappa shape index (κ3) is 6.67. The van der Waals surface area contributed by atoms with Gasteiger partial charge in [-0.05, 0) is 60.7 Å². The van der Waals surface area contributed by atoms with Crippen molar-refractivity contribution in [1.82, 2.24) is 29.2 Å². The number of para-hydroxylation sites is 1. The molecule has 8 nitrogen and oxygen atoms in total. The molecule has 0 aliphatic carbocycles. The van der Waals surface area contributed by atoms with Gasteiger partial charge in [-0.3, -0.25) is 0 Å². The van der Waals surface area contributed by atoms with Crippen molar-refractivity contribution in [3.8, 4) is 0 Å². The molecule has 0 saturated carbocycles. The summed E-state index contributed by atoms with van der Waals surface area (Å²) >= 11 is 0. The summed E-state index contributed by atoms with van der Waals surface area (Å²) in [5.74, 6) is 0. The summed E-state index contributed by atoms with van der Waals surface area (Å²) in [4.78, 5) is 7.37. The largest absolute Gasteiger partial charge is 0.428 e. The van der Waals surface area contributed by atoms with Gasteiger partial charge in [0, 0.05) is 43.9 Å². The van der Waals surface area contributed by atoms with Crippen LogP contribution in [0.2, 0.25) is 0 Å². The summed E-state index contributed by atoms with van der Waals surface area (Å²) in [6, 6.07) is 7.82. The zero-order valence-corrected chi connectivity index (χ0v) is 20.2. The molecule has 16 heteroatoms. The van der Waals surface area contributed by atoms with Gasteiger partial charge < -0.3 is 0 Å². The quantitative estimate of drug-likeness (QED) is 0.190. The van der Waals surface area contributed by atoms with E-state index in [9.17, 15) is 25.2 Å². The molecule has 0 unspecified atom stereocenters. The molecular weight excluding hydrogens is 508 g/mol. The summed E-state index contributed by atoms with van der Waals surface area (Å²) in [5, 5.41) is 8.35. The summed E-state index contributed by atoms with van der Waals surface area (Å²) in [5.41, 5.74) is 1.65. The Kier molecular flexibility index (Phi) is 6.81. The minimum atomic E-state index is -10.7. The minimum Gasteiger partial charge on any atom is -0.177 e. The van der Waals surface area contributed by atoms with Gasteiger partial charge in [0.15, 0.2) is 0 Å². The van der Waals surface area contributed by atoms with Crippen LogP contribution in [0.15, 0.2) is 24.3 Å². The van der Waals surface area contributed by atoms with Crippen LogP contribution in [0, 0.1) is 0 Å². The van der Waals surface area contributed by atoms with E-state index in [0.29, 0.717) is 0 Å². The van der Waals surface area contributed by atoms with Crippen LogP contribution < -0.4 is 4.99 Å². The van der Waals surface area contributed by atoms with Gasteiger partial charge in [0.1, 0.15) is 11.0 Å². The molecule has 194 valence electrons. The van der Waals surface area contributed by atoms with E-state index in [1.807, 2.05) is 24.3 Å². The van der Waals surface area contributed by atoms with Crippen LogP contribution in [0.3, 0.4) is 0 Å². The van der Waals surface area contributed by atoms with Crippen molar-refractivity contribution >= 4 is 26.8 Å². The number of nitrogens with zero attached hydrogens (tertiary/aromatic N) is 6. The molecule has 3 aliphatic heterocycles. The second kappa shape index (κ2) is 8.97. The van der Waals surface area contributed by atoms with Crippen molar-refractivity contribution in [1.29, 1.82) is 0 Å². The third-order valence-electron chi connectivity index (χ3n) is 5.88. The van der Waals surface area contributed by atoms with Crippen LogP contribution in [-0.4, -0.2) is 68.4 Å². The zero-order chi connectivity index (χ0) is 24.5. The number of hydrogen-bond acceptors (Lipinski definition) is 7. The van der Waals surface area contributed by atoms with E-state index < -0.39 is 15.8 Å². The van der Waals surface area contributed by atoms with Crippen molar-refractivity contribution in [3.05, 3.63) is 24.3 Å². The Labute approximate surface area is 193 Å². The first-order valence-electron chi connectivity index (χ1n) is 11.2. The maximum atomic E-state index is 9.87. The maximum Gasteiger partial charge on any atom is 0.428 e.